The molecule has 0 radical (unpaired) electrons. The Hall–Kier alpha value is -2.21. The number of aliphatic hydroxyl groups is 1. The average molecular weight is 298 g/mol. The number of alkyl halides is 3. The van der Waals surface area contributed by atoms with Crippen molar-refractivity contribution in [3.8, 4) is 17.2 Å². The van der Waals surface area contributed by atoms with Crippen molar-refractivity contribution in [3.05, 3.63) is 53.6 Å². The first-order chi connectivity index (χ1) is 9.95. The summed E-state index contributed by atoms with van der Waals surface area (Å²) in [5, 5.41) is 8.98. The second kappa shape index (κ2) is 6.05. The smallest absolute Gasteiger partial charge is 0.416 e. The molecule has 0 aliphatic heterocycles. The summed E-state index contributed by atoms with van der Waals surface area (Å²) in [6.45, 7) is -0.691. The van der Waals surface area contributed by atoms with Gasteiger partial charge in [0.15, 0.2) is 11.5 Å². The number of ether oxygens (including phenoxy) is 2. The second-order valence-electron chi connectivity index (χ2n) is 4.23. The molecule has 0 aliphatic rings. The van der Waals surface area contributed by atoms with Gasteiger partial charge in [-0.2, -0.15) is 13.2 Å². The molecule has 0 unspecified atom stereocenters. The van der Waals surface area contributed by atoms with E-state index in [9.17, 15) is 13.2 Å². The van der Waals surface area contributed by atoms with Gasteiger partial charge < -0.3 is 14.6 Å². The van der Waals surface area contributed by atoms with Crippen molar-refractivity contribution in [3.63, 3.8) is 0 Å². The lowest BCUT2D eigenvalue weighted by atomic mass is 10.1. The molecular weight excluding hydrogens is 285 g/mol. The largest absolute Gasteiger partial charge is 0.493 e. The van der Waals surface area contributed by atoms with Crippen LogP contribution in [0.2, 0.25) is 0 Å². The molecule has 0 amide bonds. The van der Waals surface area contributed by atoms with Crippen LogP contribution >= 0.6 is 0 Å². The topological polar surface area (TPSA) is 38.7 Å². The first-order valence-corrected chi connectivity index (χ1v) is 6.07. The number of rotatable bonds is 4. The highest BCUT2D eigenvalue weighted by Crippen LogP contribution is 2.37. The lowest BCUT2D eigenvalue weighted by molar-refractivity contribution is -0.138. The van der Waals surface area contributed by atoms with Crippen LogP contribution in [-0.4, -0.2) is 12.2 Å². The standard InChI is InChI=1S/C15H13F3O3/c1-20-13-4-2-3-5-14(13)21-11-7-6-10(9-19)12(8-11)15(16,17)18/h2-8,19H,9H2,1H3. The van der Waals surface area contributed by atoms with Crippen molar-refractivity contribution in [2.45, 2.75) is 12.8 Å². The molecule has 112 valence electrons. The minimum Gasteiger partial charge on any atom is -0.493 e. The lowest BCUT2D eigenvalue weighted by Gasteiger charge is -2.14. The van der Waals surface area contributed by atoms with Crippen LogP contribution in [0.5, 0.6) is 17.2 Å². The van der Waals surface area contributed by atoms with E-state index in [4.69, 9.17) is 14.6 Å². The Bertz CT molecular complexity index is 624. The predicted octanol–water partition coefficient (Wildman–Crippen LogP) is 4.00. The summed E-state index contributed by atoms with van der Waals surface area (Å²) in [4.78, 5) is 0. The van der Waals surface area contributed by atoms with Crippen LogP contribution in [0.3, 0.4) is 0 Å². The second-order valence-corrected chi connectivity index (χ2v) is 4.23. The van der Waals surface area contributed by atoms with Gasteiger partial charge in [0, 0.05) is 0 Å². The first kappa shape index (κ1) is 15.2. The summed E-state index contributed by atoms with van der Waals surface area (Å²) < 4.78 is 49.2. The Morgan fingerprint density at radius 2 is 1.71 bits per heavy atom. The molecule has 0 heterocycles. The van der Waals surface area contributed by atoms with Gasteiger partial charge in [0.05, 0.1) is 19.3 Å². The third kappa shape index (κ3) is 3.46. The van der Waals surface area contributed by atoms with E-state index in [0.717, 1.165) is 6.07 Å². The third-order valence-electron chi connectivity index (χ3n) is 2.85. The molecule has 0 aromatic heterocycles. The molecule has 0 aliphatic carbocycles. The number of para-hydroxylation sites is 2. The van der Waals surface area contributed by atoms with Gasteiger partial charge in [-0.3, -0.25) is 0 Å². The van der Waals surface area contributed by atoms with Gasteiger partial charge in [0.25, 0.3) is 0 Å². The number of methoxy groups -OCH3 is 1. The van der Waals surface area contributed by atoms with Crippen LogP contribution in [0.4, 0.5) is 13.2 Å². The fourth-order valence-corrected chi connectivity index (χ4v) is 1.85. The zero-order chi connectivity index (χ0) is 15.5. The van der Waals surface area contributed by atoms with Gasteiger partial charge in [0.1, 0.15) is 5.75 Å². The van der Waals surface area contributed by atoms with Gasteiger partial charge in [-0.15, -0.1) is 0 Å². The number of aliphatic hydroxyl groups excluding tert-OH is 1. The van der Waals surface area contributed by atoms with E-state index < -0.39 is 18.3 Å². The fraction of sp³-hybridized carbons (Fsp3) is 0.200. The minimum atomic E-state index is -4.56. The molecular formula is C15H13F3O3. The van der Waals surface area contributed by atoms with Crippen molar-refractivity contribution in [1.82, 2.24) is 0 Å². The Morgan fingerprint density at radius 1 is 1.05 bits per heavy atom. The number of hydrogen-bond donors (Lipinski definition) is 1. The molecule has 2 aromatic rings. The highest BCUT2D eigenvalue weighted by Gasteiger charge is 2.33. The Balaban J connectivity index is 2.37. The van der Waals surface area contributed by atoms with Crippen LogP contribution in [0.25, 0.3) is 0 Å². The molecule has 0 atom stereocenters. The molecule has 0 saturated carbocycles. The highest BCUT2D eigenvalue weighted by atomic mass is 19.4. The number of hydrogen-bond acceptors (Lipinski definition) is 3. The minimum absolute atomic E-state index is 0.0176. The zero-order valence-corrected chi connectivity index (χ0v) is 11.1. The van der Waals surface area contributed by atoms with Crippen molar-refractivity contribution in [1.29, 1.82) is 0 Å². The van der Waals surface area contributed by atoms with Crippen molar-refractivity contribution in [2.24, 2.45) is 0 Å². The maximum atomic E-state index is 12.9. The van der Waals surface area contributed by atoms with Crippen LogP contribution in [0, 0.1) is 0 Å². The summed E-state index contributed by atoms with van der Waals surface area (Å²) >= 11 is 0. The van der Waals surface area contributed by atoms with Crippen molar-refractivity contribution >= 4 is 0 Å². The molecule has 0 spiro atoms. The summed E-state index contributed by atoms with van der Waals surface area (Å²) in [7, 11) is 1.44. The molecule has 6 heteroatoms. The molecule has 1 N–H and O–H groups in total. The van der Waals surface area contributed by atoms with Gasteiger partial charge in [-0.05, 0) is 29.8 Å². The van der Waals surface area contributed by atoms with E-state index >= 15 is 0 Å². The van der Waals surface area contributed by atoms with Crippen LogP contribution < -0.4 is 9.47 Å². The van der Waals surface area contributed by atoms with Gasteiger partial charge in [-0.1, -0.05) is 18.2 Å². The maximum Gasteiger partial charge on any atom is 0.416 e. The molecule has 3 nitrogen and oxygen atoms in total. The van der Waals surface area contributed by atoms with E-state index in [0.29, 0.717) is 11.5 Å². The van der Waals surface area contributed by atoms with Crippen molar-refractivity contribution < 1.29 is 27.8 Å². The van der Waals surface area contributed by atoms with E-state index in [1.54, 1.807) is 24.3 Å². The molecule has 0 saturated heterocycles. The van der Waals surface area contributed by atoms with E-state index in [-0.39, 0.29) is 11.3 Å². The van der Waals surface area contributed by atoms with Crippen molar-refractivity contribution in [2.75, 3.05) is 7.11 Å². The monoisotopic (exact) mass is 298 g/mol. The molecule has 2 aromatic carbocycles. The van der Waals surface area contributed by atoms with Gasteiger partial charge in [-0.25, -0.2) is 0 Å². The molecule has 2 rings (SSSR count). The van der Waals surface area contributed by atoms with Crippen LogP contribution in [0.15, 0.2) is 42.5 Å². The Labute approximate surface area is 119 Å². The van der Waals surface area contributed by atoms with Crippen LogP contribution in [0.1, 0.15) is 11.1 Å². The SMILES string of the molecule is COc1ccccc1Oc1ccc(CO)c(C(F)(F)F)c1. The number of benzene rings is 2. The summed E-state index contributed by atoms with van der Waals surface area (Å²) in [5.41, 5.74) is -1.12. The van der Waals surface area contributed by atoms with E-state index in [2.05, 4.69) is 0 Å². The van der Waals surface area contributed by atoms with E-state index in [1.165, 1.54) is 19.2 Å². The van der Waals surface area contributed by atoms with E-state index in [1.807, 2.05) is 0 Å². The third-order valence-corrected chi connectivity index (χ3v) is 2.85. The fourth-order valence-electron chi connectivity index (χ4n) is 1.85. The summed E-state index contributed by atoms with van der Waals surface area (Å²) in [6, 6.07) is 10.1. The van der Waals surface area contributed by atoms with Gasteiger partial charge in [0.2, 0.25) is 0 Å². The molecule has 21 heavy (non-hydrogen) atoms. The quantitative estimate of drug-likeness (QED) is 0.927. The average Bonchev–Trinajstić information content (AvgIpc) is 2.47. The predicted molar refractivity (Wildman–Crippen MR) is 70.4 cm³/mol. The van der Waals surface area contributed by atoms with Gasteiger partial charge >= 0.3 is 6.18 Å². The summed E-state index contributed by atoms with van der Waals surface area (Å²) in [6.07, 6.45) is -4.56. The lowest BCUT2D eigenvalue weighted by Crippen LogP contribution is -2.09. The summed E-state index contributed by atoms with van der Waals surface area (Å²) in [5.74, 6) is 0.742. The number of halogens is 3. The Kier molecular flexibility index (Phi) is 4.37. The highest BCUT2D eigenvalue weighted by molar-refractivity contribution is 5.44. The molecule has 0 bridgehead atoms. The zero-order valence-electron chi connectivity index (χ0n) is 11.1. The normalized spacial score (nSPS) is 11.3. The Morgan fingerprint density at radius 3 is 2.29 bits per heavy atom. The molecule has 0 fully saturated rings. The van der Waals surface area contributed by atoms with Crippen LogP contribution in [-0.2, 0) is 12.8 Å². The maximum absolute atomic E-state index is 12.9. The first-order valence-electron chi connectivity index (χ1n) is 6.07.